The summed E-state index contributed by atoms with van der Waals surface area (Å²) < 4.78 is 0. The molecule has 0 saturated carbocycles. The first kappa shape index (κ1) is 6.55. The second kappa shape index (κ2) is 2.35. The predicted molar refractivity (Wildman–Crippen MR) is 36.3 cm³/mol. The van der Waals surface area contributed by atoms with Crippen molar-refractivity contribution in [2.45, 2.75) is 26.0 Å². The van der Waals surface area contributed by atoms with E-state index in [0.717, 1.165) is 0 Å². The monoisotopic (exact) mass is 128 g/mol. The van der Waals surface area contributed by atoms with Gasteiger partial charge in [0.25, 0.3) is 0 Å². The summed E-state index contributed by atoms with van der Waals surface area (Å²) in [6, 6.07) is 0.401. The van der Waals surface area contributed by atoms with Gasteiger partial charge in [0.1, 0.15) is 6.10 Å². The smallest absolute Gasteiger partial charge is 0.110 e. The third-order valence-corrected chi connectivity index (χ3v) is 1.36. The summed E-state index contributed by atoms with van der Waals surface area (Å²) in [6.45, 7) is 4.75. The number of aliphatic hydroxyl groups excluding tert-OH is 1. The van der Waals surface area contributed by atoms with Gasteiger partial charge >= 0.3 is 0 Å². The Labute approximate surface area is 55.0 Å². The van der Waals surface area contributed by atoms with E-state index in [4.69, 9.17) is 5.11 Å². The Kier molecular flexibility index (Phi) is 1.71. The van der Waals surface area contributed by atoms with Crippen molar-refractivity contribution in [3.8, 4) is 0 Å². The molecule has 0 saturated heterocycles. The lowest BCUT2D eigenvalue weighted by Gasteiger charge is -2.18. The van der Waals surface area contributed by atoms with Gasteiger partial charge in [0.05, 0.1) is 12.8 Å². The van der Waals surface area contributed by atoms with Crippen LogP contribution in [0.1, 0.15) is 13.8 Å². The van der Waals surface area contributed by atoms with E-state index in [-0.39, 0.29) is 6.10 Å². The van der Waals surface area contributed by atoms with Gasteiger partial charge in [-0.3, -0.25) is 5.01 Å². The highest BCUT2D eigenvalue weighted by atomic mass is 16.3. The maximum absolute atomic E-state index is 8.96. The Bertz CT molecular complexity index is 122. The molecular weight excluding hydrogens is 116 g/mol. The second-order valence-electron chi connectivity index (χ2n) is 2.55. The molecule has 1 N–H and O–H groups in total. The van der Waals surface area contributed by atoms with Crippen LogP contribution in [0.15, 0.2) is 5.10 Å². The van der Waals surface area contributed by atoms with E-state index >= 15 is 0 Å². The summed E-state index contributed by atoms with van der Waals surface area (Å²) >= 11 is 0. The fourth-order valence-corrected chi connectivity index (χ4v) is 0.793. The number of β-amino-alcohol motifs (C(OH)–C–C–N with tert-alkyl or cyclic N) is 1. The van der Waals surface area contributed by atoms with Crippen LogP contribution in [0.25, 0.3) is 0 Å². The fraction of sp³-hybridized carbons (Fsp3) is 0.833. The first-order chi connectivity index (χ1) is 4.20. The lowest BCUT2D eigenvalue weighted by atomic mass is 10.3. The first-order valence-corrected chi connectivity index (χ1v) is 3.19. The van der Waals surface area contributed by atoms with Gasteiger partial charge in [0.15, 0.2) is 0 Å². The lowest BCUT2D eigenvalue weighted by Crippen LogP contribution is -2.27. The van der Waals surface area contributed by atoms with Gasteiger partial charge in [-0.25, -0.2) is 0 Å². The molecule has 0 aromatic carbocycles. The minimum Gasteiger partial charge on any atom is -0.385 e. The van der Waals surface area contributed by atoms with Crippen molar-refractivity contribution in [1.82, 2.24) is 5.01 Å². The van der Waals surface area contributed by atoms with Crippen molar-refractivity contribution in [2.24, 2.45) is 5.10 Å². The maximum atomic E-state index is 8.96. The summed E-state index contributed by atoms with van der Waals surface area (Å²) in [5.41, 5.74) is 0. The molecule has 0 spiro atoms. The van der Waals surface area contributed by atoms with Gasteiger partial charge < -0.3 is 5.11 Å². The van der Waals surface area contributed by atoms with Crippen LogP contribution in [0.2, 0.25) is 0 Å². The normalized spacial score (nSPS) is 26.2. The molecule has 0 aliphatic carbocycles. The Hall–Kier alpha value is -0.570. The Balaban J connectivity index is 2.41. The van der Waals surface area contributed by atoms with E-state index in [1.807, 2.05) is 5.01 Å². The average molecular weight is 128 g/mol. The third-order valence-electron chi connectivity index (χ3n) is 1.36. The summed E-state index contributed by atoms with van der Waals surface area (Å²) in [5.74, 6) is 0. The molecule has 0 aromatic heterocycles. The Morgan fingerprint density at radius 1 is 1.78 bits per heavy atom. The van der Waals surface area contributed by atoms with Gasteiger partial charge in [0.2, 0.25) is 0 Å². The molecule has 1 atom stereocenters. The van der Waals surface area contributed by atoms with Crippen LogP contribution in [0.5, 0.6) is 0 Å². The van der Waals surface area contributed by atoms with Crippen molar-refractivity contribution in [3.05, 3.63) is 0 Å². The number of hydrazone groups is 1. The zero-order chi connectivity index (χ0) is 6.85. The summed E-state index contributed by atoms with van der Waals surface area (Å²) in [7, 11) is 0. The van der Waals surface area contributed by atoms with Gasteiger partial charge in [0, 0.05) is 6.04 Å². The van der Waals surface area contributed by atoms with Crippen molar-refractivity contribution in [1.29, 1.82) is 0 Å². The predicted octanol–water partition coefficient (Wildman–Crippen LogP) is 0.0571. The molecule has 0 radical (unpaired) electrons. The molecule has 1 aliphatic heterocycles. The van der Waals surface area contributed by atoms with Crippen LogP contribution >= 0.6 is 0 Å². The first-order valence-electron chi connectivity index (χ1n) is 3.19. The molecule has 0 aromatic rings. The molecule has 0 fully saturated rings. The largest absolute Gasteiger partial charge is 0.385 e. The molecule has 1 heterocycles. The van der Waals surface area contributed by atoms with E-state index in [1.54, 1.807) is 6.21 Å². The summed E-state index contributed by atoms with van der Waals surface area (Å²) in [6.07, 6.45) is 1.22. The second-order valence-corrected chi connectivity index (χ2v) is 2.55. The molecule has 3 nitrogen and oxygen atoms in total. The lowest BCUT2D eigenvalue weighted by molar-refractivity contribution is 0.169. The molecule has 9 heavy (non-hydrogen) atoms. The average Bonchev–Trinajstić information content (AvgIpc) is 2.14. The molecule has 1 rings (SSSR count). The van der Waals surface area contributed by atoms with E-state index < -0.39 is 0 Å². The number of hydrogen-bond acceptors (Lipinski definition) is 3. The van der Waals surface area contributed by atoms with Gasteiger partial charge in [-0.2, -0.15) is 5.10 Å². The number of rotatable bonds is 1. The zero-order valence-electron chi connectivity index (χ0n) is 5.78. The van der Waals surface area contributed by atoms with Crippen LogP contribution in [0.4, 0.5) is 0 Å². The molecular formula is C6H12N2O. The molecule has 0 bridgehead atoms. The minimum atomic E-state index is -0.354. The highest BCUT2D eigenvalue weighted by Crippen LogP contribution is 2.04. The minimum absolute atomic E-state index is 0.354. The molecule has 1 unspecified atom stereocenters. The number of hydrogen-bond donors (Lipinski definition) is 1. The molecule has 3 heteroatoms. The van der Waals surface area contributed by atoms with E-state index in [1.165, 1.54) is 0 Å². The standard InChI is InChI=1S/C6H12N2O/c1-5(2)8-4-6(9)3-7-8/h3,5-6,9H,4H2,1-2H3. The number of aliphatic hydroxyl groups is 1. The quantitative estimate of drug-likeness (QED) is 0.542. The fourth-order valence-electron chi connectivity index (χ4n) is 0.793. The van der Waals surface area contributed by atoms with E-state index in [2.05, 4.69) is 18.9 Å². The molecule has 0 amide bonds. The van der Waals surface area contributed by atoms with Crippen LogP contribution < -0.4 is 0 Å². The summed E-state index contributed by atoms with van der Waals surface area (Å²) in [5, 5.41) is 14.8. The van der Waals surface area contributed by atoms with Gasteiger partial charge in [-0.05, 0) is 13.8 Å². The van der Waals surface area contributed by atoms with Crippen LogP contribution in [-0.4, -0.2) is 35.0 Å². The zero-order valence-corrected chi connectivity index (χ0v) is 5.78. The number of nitrogens with zero attached hydrogens (tertiary/aromatic N) is 2. The summed E-state index contributed by atoms with van der Waals surface area (Å²) in [4.78, 5) is 0. The van der Waals surface area contributed by atoms with Crippen LogP contribution in [-0.2, 0) is 0 Å². The van der Waals surface area contributed by atoms with Gasteiger partial charge in [-0.1, -0.05) is 0 Å². The highest BCUT2D eigenvalue weighted by molar-refractivity contribution is 5.64. The Morgan fingerprint density at radius 2 is 2.44 bits per heavy atom. The molecule has 1 aliphatic rings. The van der Waals surface area contributed by atoms with Crippen molar-refractivity contribution in [3.63, 3.8) is 0 Å². The van der Waals surface area contributed by atoms with Gasteiger partial charge in [-0.15, -0.1) is 0 Å². The SMILES string of the molecule is CC(C)N1CC(O)C=N1. The highest BCUT2D eigenvalue weighted by Gasteiger charge is 2.15. The van der Waals surface area contributed by atoms with Crippen molar-refractivity contribution >= 4 is 6.21 Å². The third kappa shape index (κ3) is 1.42. The van der Waals surface area contributed by atoms with Crippen LogP contribution in [0, 0.1) is 0 Å². The van der Waals surface area contributed by atoms with Crippen molar-refractivity contribution in [2.75, 3.05) is 6.54 Å². The topological polar surface area (TPSA) is 35.8 Å². The molecule has 52 valence electrons. The van der Waals surface area contributed by atoms with Crippen molar-refractivity contribution < 1.29 is 5.11 Å². The van der Waals surface area contributed by atoms with E-state index in [0.29, 0.717) is 12.6 Å². The van der Waals surface area contributed by atoms with Crippen LogP contribution in [0.3, 0.4) is 0 Å². The maximum Gasteiger partial charge on any atom is 0.110 e. The Morgan fingerprint density at radius 3 is 2.67 bits per heavy atom. The van der Waals surface area contributed by atoms with E-state index in [9.17, 15) is 0 Å².